The lowest BCUT2D eigenvalue weighted by Gasteiger charge is -2.17. The molecule has 0 aliphatic heterocycles. The normalized spacial score (nSPS) is 10.4. The molecule has 2 heterocycles. The van der Waals surface area contributed by atoms with Crippen LogP contribution in [0.2, 0.25) is 0 Å². The minimum absolute atomic E-state index is 0.0961. The molecule has 24 heavy (non-hydrogen) atoms. The molecule has 0 atom stereocenters. The van der Waals surface area contributed by atoms with E-state index in [2.05, 4.69) is 9.97 Å². The molecule has 0 saturated carbocycles. The van der Waals surface area contributed by atoms with Gasteiger partial charge in [-0.25, -0.2) is 4.98 Å². The average Bonchev–Trinajstić information content (AvgIpc) is 3.13. The predicted molar refractivity (Wildman–Crippen MR) is 95.7 cm³/mol. The van der Waals surface area contributed by atoms with Gasteiger partial charge in [-0.2, -0.15) is 0 Å². The van der Waals surface area contributed by atoms with E-state index in [1.54, 1.807) is 36.5 Å². The molecule has 3 rings (SSSR count). The highest BCUT2D eigenvalue weighted by molar-refractivity contribution is 7.14. The molecule has 0 unspecified atom stereocenters. The number of ether oxygens (including phenoxy) is 1. The van der Waals surface area contributed by atoms with Crippen molar-refractivity contribution < 1.29 is 9.53 Å². The highest BCUT2D eigenvalue weighted by Gasteiger charge is 2.19. The van der Waals surface area contributed by atoms with Crippen molar-refractivity contribution in [3.63, 3.8) is 0 Å². The molecule has 0 aliphatic rings. The maximum absolute atomic E-state index is 12.6. The molecule has 1 aromatic carbocycles. The third-order valence-corrected chi connectivity index (χ3v) is 4.44. The number of thiazole rings is 1. The number of benzene rings is 1. The number of anilines is 1. The third kappa shape index (κ3) is 3.28. The number of carbonyl (C=O) groups excluding carboxylic acids is 1. The van der Waals surface area contributed by atoms with Crippen LogP contribution in [0.1, 0.15) is 17.3 Å². The summed E-state index contributed by atoms with van der Waals surface area (Å²) in [7, 11) is 1.64. The Labute approximate surface area is 144 Å². The minimum atomic E-state index is -0.0961. The molecule has 0 aliphatic carbocycles. The maximum atomic E-state index is 12.6. The monoisotopic (exact) mass is 339 g/mol. The number of hydrogen-bond donors (Lipinski definition) is 0. The van der Waals surface area contributed by atoms with E-state index in [1.807, 2.05) is 36.6 Å². The summed E-state index contributed by atoms with van der Waals surface area (Å²) in [5.74, 6) is 0.706. The first-order valence-corrected chi connectivity index (χ1v) is 8.42. The lowest BCUT2D eigenvalue weighted by Crippen LogP contribution is -2.30. The third-order valence-electron chi connectivity index (χ3n) is 3.58. The summed E-state index contributed by atoms with van der Waals surface area (Å²) < 4.78 is 5.17. The van der Waals surface area contributed by atoms with Crippen LogP contribution in [0.3, 0.4) is 0 Å². The first kappa shape index (κ1) is 16.1. The van der Waals surface area contributed by atoms with Gasteiger partial charge in [0.25, 0.3) is 5.91 Å². The Kier molecular flexibility index (Phi) is 4.86. The number of carbonyl (C=O) groups is 1. The Bertz CT molecular complexity index is 816. The summed E-state index contributed by atoms with van der Waals surface area (Å²) in [4.78, 5) is 22.9. The van der Waals surface area contributed by atoms with Gasteiger partial charge in [-0.05, 0) is 43.3 Å². The van der Waals surface area contributed by atoms with Crippen LogP contribution in [-0.2, 0) is 0 Å². The van der Waals surface area contributed by atoms with Crippen molar-refractivity contribution in [1.29, 1.82) is 0 Å². The number of nitrogens with zero attached hydrogens (tertiary/aromatic N) is 3. The molecule has 3 aromatic rings. The smallest absolute Gasteiger partial charge is 0.261 e. The fourth-order valence-electron chi connectivity index (χ4n) is 2.29. The standard InChI is InChI=1S/C18H17N3O2S/c1-3-21(17(22)14-5-4-10-19-11-14)18-20-16(12-24-18)13-6-8-15(23-2)9-7-13/h4-12H,3H2,1-2H3. The average molecular weight is 339 g/mol. The topological polar surface area (TPSA) is 55.3 Å². The zero-order valence-corrected chi connectivity index (χ0v) is 14.3. The van der Waals surface area contributed by atoms with Crippen molar-refractivity contribution in [1.82, 2.24) is 9.97 Å². The Balaban J connectivity index is 1.86. The van der Waals surface area contributed by atoms with Gasteiger partial charge in [0.1, 0.15) is 5.75 Å². The summed E-state index contributed by atoms with van der Waals surface area (Å²) in [5.41, 5.74) is 2.39. The molecule has 0 bridgehead atoms. The maximum Gasteiger partial charge on any atom is 0.261 e. The number of methoxy groups -OCH3 is 1. The second kappa shape index (κ2) is 7.23. The summed E-state index contributed by atoms with van der Waals surface area (Å²) in [6, 6.07) is 11.2. The van der Waals surface area contributed by atoms with Gasteiger partial charge in [-0.1, -0.05) is 0 Å². The van der Waals surface area contributed by atoms with Crippen LogP contribution in [0.4, 0.5) is 5.13 Å². The van der Waals surface area contributed by atoms with E-state index in [-0.39, 0.29) is 5.91 Å². The summed E-state index contributed by atoms with van der Waals surface area (Å²) in [6.45, 7) is 2.48. The number of hydrogen-bond acceptors (Lipinski definition) is 5. The van der Waals surface area contributed by atoms with Crippen LogP contribution < -0.4 is 9.64 Å². The summed E-state index contributed by atoms with van der Waals surface area (Å²) >= 11 is 1.45. The number of aromatic nitrogens is 2. The fraction of sp³-hybridized carbons (Fsp3) is 0.167. The summed E-state index contributed by atoms with van der Waals surface area (Å²) in [5, 5.41) is 2.63. The van der Waals surface area contributed by atoms with Gasteiger partial charge in [0.05, 0.1) is 18.4 Å². The number of rotatable bonds is 5. The SMILES string of the molecule is CCN(C(=O)c1cccnc1)c1nc(-c2ccc(OC)cc2)cs1. The van der Waals surface area contributed by atoms with Crippen LogP contribution >= 0.6 is 11.3 Å². The molecular weight excluding hydrogens is 322 g/mol. The lowest BCUT2D eigenvalue weighted by atomic mass is 10.2. The van der Waals surface area contributed by atoms with Crippen molar-refractivity contribution in [3.8, 4) is 17.0 Å². The molecule has 122 valence electrons. The molecule has 0 saturated heterocycles. The largest absolute Gasteiger partial charge is 0.497 e. The van der Waals surface area contributed by atoms with Gasteiger partial charge >= 0.3 is 0 Å². The predicted octanol–water partition coefficient (Wildman–Crippen LogP) is 3.88. The van der Waals surface area contributed by atoms with Crippen LogP contribution in [0.15, 0.2) is 54.2 Å². The van der Waals surface area contributed by atoms with Gasteiger partial charge in [-0.3, -0.25) is 14.7 Å². The number of amides is 1. The molecular formula is C18H17N3O2S. The minimum Gasteiger partial charge on any atom is -0.497 e. The highest BCUT2D eigenvalue weighted by Crippen LogP contribution is 2.29. The van der Waals surface area contributed by atoms with E-state index in [0.29, 0.717) is 17.2 Å². The van der Waals surface area contributed by atoms with E-state index in [4.69, 9.17) is 4.74 Å². The first-order valence-electron chi connectivity index (χ1n) is 7.54. The Morgan fingerprint density at radius 3 is 2.67 bits per heavy atom. The molecule has 0 radical (unpaired) electrons. The second-order valence-electron chi connectivity index (χ2n) is 5.03. The highest BCUT2D eigenvalue weighted by atomic mass is 32.1. The van der Waals surface area contributed by atoms with Crippen molar-refractivity contribution in [2.45, 2.75) is 6.92 Å². The van der Waals surface area contributed by atoms with Crippen LogP contribution in [0, 0.1) is 0 Å². The Hall–Kier alpha value is -2.73. The fourth-order valence-corrected chi connectivity index (χ4v) is 3.19. The summed E-state index contributed by atoms with van der Waals surface area (Å²) in [6.07, 6.45) is 3.22. The van der Waals surface area contributed by atoms with E-state index < -0.39 is 0 Å². The Morgan fingerprint density at radius 2 is 2.04 bits per heavy atom. The molecule has 0 fully saturated rings. The van der Waals surface area contributed by atoms with Crippen molar-refractivity contribution in [3.05, 3.63) is 59.7 Å². The zero-order chi connectivity index (χ0) is 16.9. The van der Waals surface area contributed by atoms with E-state index in [1.165, 1.54) is 11.3 Å². The van der Waals surface area contributed by atoms with E-state index in [0.717, 1.165) is 17.0 Å². The van der Waals surface area contributed by atoms with Gasteiger partial charge in [-0.15, -0.1) is 11.3 Å². The molecule has 0 spiro atoms. The van der Waals surface area contributed by atoms with E-state index in [9.17, 15) is 4.79 Å². The first-order chi connectivity index (χ1) is 11.7. The molecule has 0 N–H and O–H groups in total. The number of pyridine rings is 1. The van der Waals surface area contributed by atoms with Crippen LogP contribution in [0.25, 0.3) is 11.3 Å². The molecule has 1 amide bonds. The van der Waals surface area contributed by atoms with Gasteiger partial charge in [0, 0.05) is 29.9 Å². The van der Waals surface area contributed by atoms with Gasteiger partial charge in [0.2, 0.25) is 0 Å². The van der Waals surface area contributed by atoms with Gasteiger partial charge < -0.3 is 4.74 Å². The molecule has 6 heteroatoms. The lowest BCUT2D eigenvalue weighted by molar-refractivity contribution is 0.0988. The zero-order valence-electron chi connectivity index (χ0n) is 13.5. The van der Waals surface area contributed by atoms with Crippen LogP contribution in [0.5, 0.6) is 5.75 Å². The Morgan fingerprint density at radius 1 is 1.25 bits per heavy atom. The quantitative estimate of drug-likeness (QED) is 0.708. The molecule has 5 nitrogen and oxygen atoms in total. The van der Waals surface area contributed by atoms with Crippen molar-refractivity contribution in [2.75, 3.05) is 18.6 Å². The van der Waals surface area contributed by atoms with E-state index >= 15 is 0 Å². The molecule has 2 aromatic heterocycles. The van der Waals surface area contributed by atoms with Crippen molar-refractivity contribution >= 4 is 22.4 Å². The van der Waals surface area contributed by atoms with Crippen molar-refractivity contribution in [2.24, 2.45) is 0 Å². The van der Waals surface area contributed by atoms with Crippen LogP contribution in [-0.4, -0.2) is 29.5 Å². The van der Waals surface area contributed by atoms with Gasteiger partial charge in [0.15, 0.2) is 5.13 Å². The second-order valence-corrected chi connectivity index (χ2v) is 5.87.